The summed E-state index contributed by atoms with van der Waals surface area (Å²) in [7, 11) is -2.09. The van der Waals surface area contributed by atoms with Crippen molar-refractivity contribution in [2.75, 3.05) is 25.9 Å². The minimum atomic E-state index is -3.69. The van der Waals surface area contributed by atoms with Crippen LogP contribution >= 0.6 is 0 Å². The third-order valence-corrected chi connectivity index (χ3v) is 5.68. The van der Waals surface area contributed by atoms with Gasteiger partial charge in [0.15, 0.2) is 10.8 Å². The number of sulfonamides is 1. The van der Waals surface area contributed by atoms with Crippen LogP contribution in [0.2, 0.25) is 0 Å². The molecule has 114 valence electrons. The molecule has 3 heterocycles. The molecule has 2 N–H and O–H groups in total. The van der Waals surface area contributed by atoms with Crippen LogP contribution in [0.25, 0.3) is 5.65 Å². The molecular weight excluding hydrogens is 292 g/mol. The number of aromatic nitrogens is 2. The second-order valence-corrected chi connectivity index (χ2v) is 6.95. The van der Waals surface area contributed by atoms with E-state index in [-0.39, 0.29) is 16.9 Å². The molecule has 0 saturated carbocycles. The van der Waals surface area contributed by atoms with Gasteiger partial charge >= 0.3 is 0 Å². The van der Waals surface area contributed by atoms with Crippen LogP contribution < -0.4 is 5.73 Å². The normalized spacial score (nSPS) is 20.9. The molecule has 8 heteroatoms. The topological polar surface area (TPSA) is 89.9 Å². The summed E-state index contributed by atoms with van der Waals surface area (Å²) in [5.74, 6) is 0.0285. The van der Waals surface area contributed by atoms with Gasteiger partial charge in [0.2, 0.25) is 0 Å². The van der Waals surface area contributed by atoms with Gasteiger partial charge in [0.25, 0.3) is 10.0 Å². The van der Waals surface area contributed by atoms with Crippen molar-refractivity contribution in [2.24, 2.45) is 0 Å². The Morgan fingerprint density at radius 3 is 3.00 bits per heavy atom. The fourth-order valence-corrected chi connectivity index (χ4v) is 4.38. The van der Waals surface area contributed by atoms with E-state index >= 15 is 0 Å². The van der Waals surface area contributed by atoms with E-state index in [1.807, 2.05) is 0 Å². The molecule has 0 amide bonds. The number of hydrogen-bond donors (Lipinski definition) is 1. The quantitative estimate of drug-likeness (QED) is 0.902. The first-order valence-electron chi connectivity index (χ1n) is 6.79. The van der Waals surface area contributed by atoms with Gasteiger partial charge in [-0.05, 0) is 25.0 Å². The number of imidazole rings is 1. The van der Waals surface area contributed by atoms with E-state index in [1.54, 1.807) is 31.5 Å². The van der Waals surface area contributed by atoms with Crippen LogP contribution in [0.4, 0.5) is 5.82 Å². The van der Waals surface area contributed by atoms with Crippen molar-refractivity contribution in [3.63, 3.8) is 0 Å². The first kappa shape index (κ1) is 14.3. The SMILES string of the molecule is COC1CCCN(S(=O)(=O)c2c(N)nc3ccccn23)C1. The third kappa shape index (κ3) is 2.39. The number of piperidine rings is 1. The van der Waals surface area contributed by atoms with Crippen molar-refractivity contribution >= 4 is 21.5 Å². The predicted molar refractivity (Wildman–Crippen MR) is 78.4 cm³/mol. The van der Waals surface area contributed by atoms with E-state index in [2.05, 4.69) is 4.98 Å². The smallest absolute Gasteiger partial charge is 0.262 e. The lowest BCUT2D eigenvalue weighted by atomic mass is 10.1. The van der Waals surface area contributed by atoms with Gasteiger partial charge in [-0.15, -0.1) is 0 Å². The molecule has 0 bridgehead atoms. The molecule has 0 aromatic carbocycles. The maximum Gasteiger partial charge on any atom is 0.262 e. The second-order valence-electron chi connectivity index (χ2n) is 5.09. The Labute approximate surface area is 123 Å². The lowest BCUT2D eigenvalue weighted by Gasteiger charge is -2.30. The number of nitrogen functional groups attached to an aromatic ring is 1. The molecule has 1 aliphatic heterocycles. The minimum Gasteiger partial charge on any atom is -0.381 e. The highest BCUT2D eigenvalue weighted by molar-refractivity contribution is 7.89. The molecule has 7 nitrogen and oxygen atoms in total. The molecule has 21 heavy (non-hydrogen) atoms. The number of nitrogens with zero attached hydrogens (tertiary/aromatic N) is 3. The number of hydrogen-bond acceptors (Lipinski definition) is 5. The zero-order valence-electron chi connectivity index (χ0n) is 11.8. The Balaban J connectivity index is 2.06. The van der Waals surface area contributed by atoms with Gasteiger partial charge in [0.05, 0.1) is 6.10 Å². The number of methoxy groups -OCH3 is 1. The number of fused-ring (bicyclic) bond motifs is 1. The molecule has 1 saturated heterocycles. The summed E-state index contributed by atoms with van der Waals surface area (Å²) in [6.45, 7) is 0.819. The molecule has 1 atom stereocenters. The van der Waals surface area contributed by atoms with Crippen molar-refractivity contribution < 1.29 is 13.2 Å². The number of rotatable bonds is 3. The molecule has 1 fully saturated rings. The zero-order chi connectivity index (χ0) is 15.0. The summed E-state index contributed by atoms with van der Waals surface area (Å²) >= 11 is 0. The molecule has 2 aromatic heterocycles. The number of pyridine rings is 1. The summed E-state index contributed by atoms with van der Waals surface area (Å²) in [6, 6.07) is 5.27. The maximum absolute atomic E-state index is 12.9. The van der Waals surface area contributed by atoms with E-state index in [0.29, 0.717) is 18.7 Å². The van der Waals surface area contributed by atoms with Crippen molar-refractivity contribution in [3.8, 4) is 0 Å². The third-order valence-electron chi connectivity index (χ3n) is 3.77. The number of anilines is 1. The average Bonchev–Trinajstić information content (AvgIpc) is 2.83. The van der Waals surface area contributed by atoms with E-state index in [0.717, 1.165) is 12.8 Å². The number of nitrogens with two attached hydrogens (primary N) is 1. The largest absolute Gasteiger partial charge is 0.381 e. The average molecular weight is 310 g/mol. The molecule has 0 spiro atoms. The highest BCUT2D eigenvalue weighted by Crippen LogP contribution is 2.26. The molecule has 2 aromatic rings. The molecule has 0 aliphatic carbocycles. The van der Waals surface area contributed by atoms with Crippen molar-refractivity contribution in [3.05, 3.63) is 24.4 Å². The zero-order valence-corrected chi connectivity index (χ0v) is 12.6. The molecule has 3 rings (SSSR count). The van der Waals surface area contributed by atoms with Gasteiger partial charge in [-0.25, -0.2) is 13.4 Å². The molecule has 0 radical (unpaired) electrons. The first-order chi connectivity index (χ1) is 10.0. The van der Waals surface area contributed by atoms with Gasteiger partial charge < -0.3 is 10.5 Å². The van der Waals surface area contributed by atoms with Crippen LogP contribution in [0.15, 0.2) is 29.4 Å². The van der Waals surface area contributed by atoms with Crippen LogP contribution in [0.1, 0.15) is 12.8 Å². The highest BCUT2D eigenvalue weighted by Gasteiger charge is 2.34. The van der Waals surface area contributed by atoms with Crippen molar-refractivity contribution in [1.29, 1.82) is 0 Å². The van der Waals surface area contributed by atoms with Crippen LogP contribution in [0, 0.1) is 0 Å². The summed E-state index contributed by atoms with van der Waals surface area (Å²) in [6.07, 6.45) is 3.22. The van der Waals surface area contributed by atoms with Crippen LogP contribution in [0.3, 0.4) is 0 Å². The lowest BCUT2D eigenvalue weighted by molar-refractivity contribution is 0.0571. The summed E-state index contributed by atoms with van der Waals surface area (Å²) in [5, 5.41) is 0.0369. The fourth-order valence-electron chi connectivity index (χ4n) is 2.69. The lowest BCUT2D eigenvalue weighted by Crippen LogP contribution is -2.43. The van der Waals surface area contributed by atoms with E-state index in [1.165, 1.54) is 8.71 Å². The van der Waals surface area contributed by atoms with Crippen LogP contribution in [-0.4, -0.2) is 48.4 Å². The molecular formula is C13H18N4O3S. The highest BCUT2D eigenvalue weighted by atomic mass is 32.2. The maximum atomic E-state index is 12.9. The fraction of sp³-hybridized carbons (Fsp3) is 0.462. The molecule has 1 aliphatic rings. The van der Waals surface area contributed by atoms with Crippen LogP contribution in [-0.2, 0) is 14.8 Å². The Bertz CT molecular complexity index is 756. The van der Waals surface area contributed by atoms with Gasteiger partial charge in [-0.1, -0.05) is 6.07 Å². The number of ether oxygens (including phenoxy) is 1. The molecule has 1 unspecified atom stereocenters. The second kappa shape index (κ2) is 5.28. The Hall–Kier alpha value is -1.64. The summed E-state index contributed by atoms with van der Waals surface area (Å²) in [4.78, 5) is 4.12. The summed E-state index contributed by atoms with van der Waals surface area (Å²) in [5.41, 5.74) is 6.37. The van der Waals surface area contributed by atoms with Gasteiger partial charge in [0.1, 0.15) is 5.65 Å². The van der Waals surface area contributed by atoms with Crippen molar-refractivity contribution in [1.82, 2.24) is 13.7 Å². The van der Waals surface area contributed by atoms with Gasteiger partial charge in [-0.3, -0.25) is 4.40 Å². The van der Waals surface area contributed by atoms with Gasteiger partial charge in [0, 0.05) is 26.4 Å². The Morgan fingerprint density at radius 1 is 1.43 bits per heavy atom. The summed E-state index contributed by atoms with van der Waals surface area (Å²) < 4.78 is 34.0. The van der Waals surface area contributed by atoms with Crippen LogP contribution in [0.5, 0.6) is 0 Å². The van der Waals surface area contributed by atoms with E-state index in [4.69, 9.17) is 10.5 Å². The minimum absolute atomic E-state index is 0.0285. The Morgan fingerprint density at radius 2 is 2.24 bits per heavy atom. The predicted octanol–water partition coefficient (Wildman–Crippen LogP) is 0.716. The monoisotopic (exact) mass is 310 g/mol. The van der Waals surface area contributed by atoms with Crippen molar-refractivity contribution in [2.45, 2.75) is 24.0 Å². The van der Waals surface area contributed by atoms with E-state index < -0.39 is 10.0 Å². The Kier molecular flexibility index (Phi) is 3.60. The first-order valence-corrected chi connectivity index (χ1v) is 8.23. The van der Waals surface area contributed by atoms with E-state index in [9.17, 15) is 8.42 Å². The van der Waals surface area contributed by atoms with Gasteiger partial charge in [-0.2, -0.15) is 4.31 Å². The standard InChI is InChI=1S/C13H18N4O3S/c1-20-10-5-4-7-16(9-10)21(18,19)13-12(14)15-11-6-2-3-8-17(11)13/h2-3,6,8,10H,4-5,7,9,14H2,1H3.